The van der Waals surface area contributed by atoms with Crippen molar-refractivity contribution in [2.75, 3.05) is 31.6 Å². The lowest BCUT2D eigenvalue weighted by molar-refractivity contribution is -0.117. The largest absolute Gasteiger partial charge is 0.351 e. The van der Waals surface area contributed by atoms with Gasteiger partial charge in [0.25, 0.3) is 0 Å². The third-order valence-corrected chi connectivity index (χ3v) is 3.25. The summed E-state index contributed by atoms with van der Waals surface area (Å²) in [5.74, 6) is -0.185. The summed E-state index contributed by atoms with van der Waals surface area (Å²) >= 11 is 0. The first-order valence-corrected chi connectivity index (χ1v) is 6.81. The van der Waals surface area contributed by atoms with Crippen LogP contribution in [0.4, 0.5) is 0 Å². The molecule has 0 aliphatic carbocycles. The van der Waals surface area contributed by atoms with E-state index in [2.05, 4.69) is 10.6 Å². The average molecular weight is 232 g/mol. The second-order valence-corrected chi connectivity index (χ2v) is 5.98. The number of hydrogen-bond donors (Lipinski definition) is 2. The van der Waals surface area contributed by atoms with Crippen LogP contribution < -0.4 is 10.6 Å². The molecule has 1 saturated heterocycles. The number of rotatable bonds is 4. The van der Waals surface area contributed by atoms with Crippen molar-refractivity contribution in [1.29, 1.82) is 0 Å². The molecule has 1 fully saturated rings. The number of nitrogens with one attached hydrogen (secondary N) is 2. The fourth-order valence-electron chi connectivity index (χ4n) is 1.16. The summed E-state index contributed by atoms with van der Waals surface area (Å²) < 4.78 is 21.6. The van der Waals surface area contributed by atoms with Crippen molar-refractivity contribution in [3.8, 4) is 0 Å². The molecule has 1 aliphatic heterocycles. The molecule has 6 heteroatoms. The molecule has 1 amide bonds. The van der Waals surface area contributed by atoms with Gasteiger partial charge in [-0.05, 0) is 12.5 Å². The molecule has 1 rings (SSSR count). The van der Waals surface area contributed by atoms with Gasteiger partial charge in [-0.15, -0.1) is 0 Å². The third kappa shape index (κ3) is 4.01. The number of carbonyl (C=O) groups excluding carboxylic acids is 1. The molecular formula is C9H16N2O3S. The Morgan fingerprint density at radius 3 is 2.47 bits per heavy atom. The molecule has 86 valence electrons. The van der Waals surface area contributed by atoms with E-state index in [0.717, 1.165) is 24.9 Å². The van der Waals surface area contributed by atoms with Crippen molar-refractivity contribution < 1.29 is 13.2 Å². The van der Waals surface area contributed by atoms with Gasteiger partial charge in [-0.2, -0.15) is 0 Å². The first-order valence-electron chi connectivity index (χ1n) is 4.75. The molecule has 15 heavy (non-hydrogen) atoms. The van der Waals surface area contributed by atoms with Crippen LogP contribution in [0.2, 0.25) is 0 Å². The van der Waals surface area contributed by atoms with Gasteiger partial charge in [0.15, 0.2) is 0 Å². The molecule has 0 aromatic rings. The van der Waals surface area contributed by atoms with Crippen LogP contribution in [0.25, 0.3) is 0 Å². The summed E-state index contributed by atoms with van der Waals surface area (Å²) in [6, 6.07) is 0. The Bertz CT molecular complexity index is 378. The van der Waals surface area contributed by atoms with Crippen LogP contribution in [-0.2, 0) is 14.6 Å². The Labute approximate surface area is 89.8 Å². The summed E-state index contributed by atoms with van der Waals surface area (Å²) in [6.45, 7) is 3.44. The van der Waals surface area contributed by atoms with Crippen LogP contribution >= 0.6 is 0 Å². The van der Waals surface area contributed by atoms with Crippen molar-refractivity contribution in [3.63, 3.8) is 0 Å². The van der Waals surface area contributed by atoms with Gasteiger partial charge in [0.1, 0.15) is 9.84 Å². The van der Waals surface area contributed by atoms with Crippen LogP contribution in [-0.4, -0.2) is 46.0 Å². The summed E-state index contributed by atoms with van der Waals surface area (Å²) in [7, 11) is -3.00. The van der Waals surface area contributed by atoms with Gasteiger partial charge in [0, 0.05) is 31.5 Å². The molecule has 0 aromatic carbocycles. The molecule has 1 aliphatic rings. The van der Waals surface area contributed by atoms with E-state index in [9.17, 15) is 13.2 Å². The van der Waals surface area contributed by atoms with E-state index in [0.29, 0.717) is 5.57 Å². The quantitative estimate of drug-likeness (QED) is 0.614. The maximum atomic E-state index is 11.5. The van der Waals surface area contributed by atoms with Gasteiger partial charge < -0.3 is 10.6 Å². The maximum absolute atomic E-state index is 11.5. The normalized spacial score (nSPS) is 15.7. The average Bonchev–Trinajstić information content (AvgIpc) is 1.98. The van der Waals surface area contributed by atoms with E-state index in [4.69, 9.17) is 0 Å². The molecule has 0 atom stereocenters. The maximum Gasteiger partial charge on any atom is 0.246 e. The Balaban J connectivity index is 2.37. The SMILES string of the molecule is CC(C(=O)NCCS(C)(=O)=O)=C1CNC1. The summed E-state index contributed by atoms with van der Waals surface area (Å²) in [5, 5.41) is 5.63. The number of carbonyl (C=O) groups is 1. The first kappa shape index (κ1) is 12.2. The van der Waals surface area contributed by atoms with E-state index >= 15 is 0 Å². The fraction of sp³-hybridized carbons (Fsp3) is 0.667. The molecule has 0 spiro atoms. The van der Waals surface area contributed by atoms with Crippen molar-refractivity contribution >= 4 is 15.7 Å². The Kier molecular flexibility index (Phi) is 3.87. The van der Waals surface area contributed by atoms with E-state index in [1.54, 1.807) is 6.92 Å². The second kappa shape index (κ2) is 4.76. The van der Waals surface area contributed by atoms with E-state index < -0.39 is 9.84 Å². The lowest BCUT2D eigenvalue weighted by Gasteiger charge is -2.21. The van der Waals surface area contributed by atoms with Crippen LogP contribution in [0.1, 0.15) is 6.92 Å². The van der Waals surface area contributed by atoms with Crippen LogP contribution in [0.15, 0.2) is 11.1 Å². The highest BCUT2D eigenvalue weighted by atomic mass is 32.2. The predicted octanol–water partition coefficient (Wildman–Crippen LogP) is -0.933. The highest BCUT2D eigenvalue weighted by molar-refractivity contribution is 7.90. The van der Waals surface area contributed by atoms with Crippen molar-refractivity contribution in [2.45, 2.75) is 6.92 Å². The number of sulfone groups is 1. The zero-order valence-corrected chi connectivity index (χ0v) is 9.78. The van der Waals surface area contributed by atoms with Gasteiger partial charge in [0.05, 0.1) is 5.75 Å². The van der Waals surface area contributed by atoms with Gasteiger partial charge >= 0.3 is 0 Å². The molecule has 1 heterocycles. The zero-order chi connectivity index (χ0) is 11.5. The Morgan fingerprint density at radius 1 is 1.47 bits per heavy atom. The topological polar surface area (TPSA) is 75.3 Å². The third-order valence-electron chi connectivity index (χ3n) is 2.31. The summed E-state index contributed by atoms with van der Waals surface area (Å²) in [6.07, 6.45) is 1.15. The molecule has 0 radical (unpaired) electrons. The van der Waals surface area contributed by atoms with E-state index in [-0.39, 0.29) is 18.2 Å². The van der Waals surface area contributed by atoms with Gasteiger partial charge in [-0.1, -0.05) is 0 Å². The second-order valence-electron chi connectivity index (χ2n) is 3.72. The molecule has 0 saturated carbocycles. The van der Waals surface area contributed by atoms with Crippen molar-refractivity contribution in [2.24, 2.45) is 0 Å². The van der Waals surface area contributed by atoms with Gasteiger partial charge in [0.2, 0.25) is 5.91 Å². The minimum atomic E-state index is -3.00. The van der Waals surface area contributed by atoms with Crippen molar-refractivity contribution in [3.05, 3.63) is 11.1 Å². The molecule has 0 unspecified atom stereocenters. The minimum absolute atomic E-state index is 0.0143. The Morgan fingerprint density at radius 2 is 2.07 bits per heavy atom. The van der Waals surface area contributed by atoms with Gasteiger partial charge in [-0.3, -0.25) is 4.79 Å². The van der Waals surface area contributed by atoms with E-state index in [1.807, 2.05) is 0 Å². The highest BCUT2D eigenvalue weighted by Gasteiger charge is 2.15. The highest BCUT2D eigenvalue weighted by Crippen LogP contribution is 2.08. The molecular weight excluding hydrogens is 216 g/mol. The number of amides is 1. The fourth-order valence-corrected chi connectivity index (χ4v) is 1.63. The monoisotopic (exact) mass is 232 g/mol. The molecule has 0 aromatic heterocycles. The molecule has 2 N–H and O–H groups in total. The lowest BCUT2D eigenvalue weighted by atomic mass is 10.0. The predicted molar refractivity (Wildman–Crippen MR) is 58.3 cm³/mol. The molecule has 5 nitrogen and oxygen atoms in total. The summed E-state index contributed by atoms with van der Waals surface area (Å²) in [5.41, 5.74) is 1.79. The zero-order valence-electron chi connectivity index (χ0n) is 8.96. The van der Waals surface area contributed by atoms with Gasteiger partial charge in [-0.25, -0.2) is 8.42 Å². The van der Waals surface area contributed by atoms with E-state index in [1.165, 1.54) is 0 Å². The van der Waals surface area contributed by atoms with Crippen LogP contribution in [0.5, 0.6) is 0 Å². The summed E-state index contributed by atoms with van der Waals surface area (Å²) in [4.78, 5) is 11.5. The first-order chi connectivity index (χ1) is 6.90. The standard InChI is InChI=1S/C9H16N2O3S/c1-7(8-5-10-6-8)9(12)11-3-4-15(2,13)14/h10H,3-6H2,1-2H3,(H,11,12). The lowest BCUT2D eigenvalue weighted by Crippen LogP contribution is -2.38. The Hall–Kier alpha value is -0.880. The minimum Gasteiger partial charge on any atom is -0.351 e. The van der Waals surface area contributed by atoms with Crippen LogP contribution in [0.3, 0.4) is 0 Å². The van der Waals surface area contributed by atoms with Crippen molar-refractivity contribution in [1.82, 2.24) is 10.6 Å². The molecule has 0 bridgehead atoms. The smallest absolute Gasteiger partial charge is 0.246 e. The number of hydrogen-bond acceptors (Lipinski definition) is 4. The van der Waals surface area contributed by atoms with Crippen LogP contribution in [0, 0.1) is 0 Å².